The third kappa shape index (κ3) is 4.03. The molecule has 3 nitrogen and oxygen atoms in total. The van der Waals surface area contributed by atoms with Gasteiger partial charge in [-0.1, -0.05) is 0 Å². The van der Waals surface area contributed by atoms with Crippen molar-refractivity contribution in [2.45, 2.75) is 0 Å². The summed E-state index contributed by atoms with van der Waals surface area (Å²) < 4.78 is 12.1. The molecule has 1 N–H and O–H groups in total. The molecule has 10 heavy (non-hydrogen) atoms. The van der Waals surface area contributed by atoms with Crippen LogP contribution < -0.4 is 0 Å². The van der Waals surface area contributed by atoms with E-state index in [2.05, 4.69) is 0 Å². The second-order valence-electron chi connectivity index (χ2n) is 2.12. The normalized spacial score (nSPS) is 12.2. The summed E-state index contributed by atoms with van der Waals surface area (Å²) in [5.74, 6) is -2.62. The summed E-state index contributed by atoms with van der Waals surface area (Å²) in [7, 11) is 3.46. The number of halogens is 1. The van der Waals surface area contributed by atoms with Crippen molar-refractivity contribution < 1.29 is 14.3 Å². The molecular weight excluding hydrogens is 137 g/mol. The molecule has 0 aliphatic rings. The molecule has 0 aliphatic heterocycles. The Labute approximate surface area is 58.8 Å². The first-order valence-corrected chi connectivity index (χ1v) is 2.77. The lowest BCUT2D eigenvalue weighted by molar-refractivity contribution is -0.134. The number of hydrogen-bond donors (Lipinski definition) is 1. The van der Waals surface area contributed by atoms with Gasteiger partial charge < -0.3 is 10.0 Å². The largest absolute Gasteiger partial charge is 0.476 e. The van der Waals surface area contributed by atoms with E-state index in [-0.39, 0.29) is 0 Å². The van der Waals surface area contributed by atoms with Crippen LogP contribution in [-0.2, 0) is 4.79 Å². The van der Waals surface area contributed by atoms with Crippen molar-refractivity contribution in [3.63, 3.8) is 0 Å². The van der Waals surface area contributed by atoms with E-state index >= 15 is 0 Å². The minimum atomic E-state index is -1.51. The summed E-state index contributed by atoms with van der Waals surface area (Å²) in [4.78, 5) is 11.5. The van der Waals surface area contributed by atoms with Gasteiger partial charge in [-0.15, -0.1) is 0 Å². The molecule has 0 spiro atoms. The van der Waals surface area contributed by atoms with Crippen molar-refractivity contribution in [2.75, 3.05) is 20.6 Å². The minimum Gasteiger partial charge on any atom is -0.476 e. The van der Waals surface area contributed by atoms with Gasteiger partial charge in [0.25, 0.3) is 0 Å². The van der Waals surface area contributed by atoms with E-state index in [1.54, 1.807) is 19.0 Å². The summed E-state index contributed by atoms with van der Waals surface area (Å²) in [5, 5.41) is 8.03. The Hall–Kier alpha value is -0.900. The third-order valence-electron chi connectivity index (χ3n) is 0.840. The van der Waals surface area contributed by atoms with Gasteiger partial charge in [0.2, 0.25) is 5.83 Å². The van der Waals surface area contributed by atoms with Crippen LogP contribution >= 0.6 is 0 Å². The number of likely N-dealkylation sites (N-methyl/N-ethyl adjacent to an activating group) is 1. The van der Waals surface area contributed by atoms with E-state index in [1.807, 2.05) is 0 Å². The average molecular weight is 147 g/mol. The average Bonchev–Trinajstić information content (AvgIpc) is 1.82. The van der Waals surface area contributed by atoms with Crippen LogP contribution in [0.25, 0.3) is 0 Å². The van der Waals surface area contributed by atoms with Crippen LogP contribution in [0.15, 0.2) is 11.9 Å². The minimum absolute atomic E-state index is 0.304. The third-order valence-corrected chi connectivity index (χ3v) is 0.840. The van der Waals surface area contributed by atoms with Crippen LogP contribution in [0.1, 0.15) is 0 Å². The highest BCUT2D eigenvalue weighted by Crippen LogP contribution is 1.94. The Kier molecular flexibility index (Phi) is 3.64. The Bertz CT molecular complexity index is 154. The van der Waals surface area contributed by atoms with E-state index in [0.29, 0.717) is 6.54 Å². The van der Waals surface area contributed by atoms with Gasteiger partial charge in [0, 0.05) is 6.54 Å². The molecule has 0 aromatic carbocycles. The Morgan fingerprint density at radius 3 is 2.50 bits per heavy atom. The maximum Gasteiger partial charge on any atom is 0.364 e. The molecule has 0 saturated heterocycles. The quantitative estimate of drug-likeness (QED) is 0.590. The van der Waals surface area contributed by atoms with Crippen molar-refractivity contribution >= 4 is 5.97 Å². The van der Waals surface area contributed by atoms with Crippen molar-refractivity contribution in [1.82, 2.24) is 4.90 Å². The Morgan fingerprint density at radius 1 is 1.70 bits per heavy atom. The zero-order chi connectivity index (χ0) is 8.15. The molecule has 0 aliphatic carbocycles. The van der Waals surface area contributed by atoms with Gasteiger partial charge in [-0.05, 0) is 20.2 Å². The van der Waals surface area contributed by atoms with Gasteiger partial charge in [0.1, 0.15) is 0 Å². The molecule has 0 amide bonds. The molecule has 0 heterocycles. The number of carbonyl (C=O) groups is 1. The lowest BCUT2D eigenvalue weighted by Crippen LogP contribution is -2.11. The Morgan fingerprint density at radius 2 is 2.20 bits per heavy atom. The first-order valence-electron chi connectivity index (χ1n) is 2.77. The number of aliphatic carboxylic acids is 1. The monoisotopic (exact) mass is 147 g/mol. The number of nitrogens with zero attached hydrogens (tertiary/aromatic N) is 1. The fourth-order valence-electron chi connectivity index (χ4n) is 0.350. The van der Waals surface area contributed by atoms with Crippen molar-refractivity contribution in [1.29, 1.82) is 0 Å². The fourth-order valence-corrected chi connectivity index (χ4v) is 0.350. The van der Waals surface area contributed by atoms with Crippen molar-refractivity contribution in [2.24, 2.45) is 0 Å². The molecule has 0 fully saturated rings. The number of rotatable bonds is 3. The molecule has 0 bridgehead atoms. The van der Waals surface area contributed by atoms with E-state index in [4.69, 9.17) is 5.11 Å². The van der Waals surface area contributed by atoms with Gasteiger partial charge >= 0.3 is 5.97 Å². The van der Waals surface area contributed by atoms with Gasteiger partial charge in [0.15, 0.2) is 0 Å². The van der Waals surface area contributed by atoms with Gasteiger partial charge in [-0.2, -0.15) is 4.39 Å². The topological polar surface area (TPSA) is 40.5 Å². The predicted octanol–water partition coefficient (Wildman–Crippen LogP) is 0.486. The van der Waals surface area contributed by atoms with Crippen LogP contribution in [0.4, 0.5) is 4.39 Å². The summed E-state index contributed by atoms with van der Waals surface area (Å²) in [5.41, 5.74) is 0. The molecule has 0 unspecified atom stereocenters. The lowest BCUT2D eigenvalue weighted by Gasteiger charge is -2.02. The van der Waals surface area contributed by atoms with Crippen LogP contribution in [0.3, 0.4) is 0 Å². The zero-order valence-electron chi connectivity index (χ0n) is 5.97. The Balaban J connectivity index is 3.81. The number of carboxylic acids is 1. The second kappa shape index (κ2) is 4.00. The molecule has 0 radical (unpaired) electrons. The highest BCUT2D eigenvalue weighted by Gasteiger charge is 2.02. The van der Waals surface area contributed by atoms with Gasteiger partial charge in [-0.25, -0.2) is 4.79 Å². The molecule has 0 rings (SSSR count). The molecular formula is C6H10FNO2. The highest BCUT2D eigenvalue weighted by atomic mass is 19.1. The molecule has 0 aromatic rings. The standard InChI is InChI=1S/C6H10FNO2/c1-8(2)4-3-5(7)6(9)10/h3H,4H2,1-2H3,(H,9,10)/b5-3-. The number of carboxylic acid groups (broad SMARTS) is 1. The fraction of sp³-hybridized carbons (Fsp3) is 0.500. The maximum atomic E-state index is 12.1. The molecule has 0 atom stereocenters. The smallest absolute Gasteiger partial charge is 0.364 e. The van der Waals surface area contributed by atoms with E-state index in [1.165, 1.54) is 0 Å². The van der Waals surface area contributed by atoms with Crippen molar-refractivity contribution in [3.8, 4) is 0 Å². The number of hydrogen-bond acceptors (Lipinski definition) is 2. The van der Waals surface area contributed by atoms with Gasteiger partial charge in [0.05, 0.1) is 0 Å². The summed E-state index contributed by atoms with van der Waals surface area (Å²) in [6.45, 7) is 0.304. The van der Waals surface area contributed by atoms with E-state index in [0.717, 1.165) is 6.08 Å². The van der Waals surface area contributed by atoms with Gasteiger partial charge in [-0.3, -0.25) is 0 Å². The first kappa shape index (κ1) is 9.10. The van der Waals surface area contributed by atoms with E-state index in [9.17, 15) is 9.18 Å². The van der Waals surface area contributed by atoms with Crippen LogP contribution in [0.5, 0.6) is 0 Å². The highest BCUT2D eigenvalue weighted by molar-refractivity contribution is 5.83. The maximum absolute atomic E-state index is 12.1. The van der Waals surface area contributed by atoms with Crippen molar-refractivity contribution in [3.05, 3.63) is 11.9 Å². The molecule has 0 saturated carbocycles. The second-order valence-corrected chi connectivity index (χ2v) is 2.12. The summed E-state index contributed by atoms with van der Waals surface area (Å²) >= 11 is 0. The van der Waals surface area contributed by atoms with E-state index < -0.39 is 11.8 Å². The molecule has 58 valence electrons. The predicted molar refractivity (Wildman–Crippen MR) is 35.4 cm³/mol. The van der Waals surface area contributed by atoms with Crippen LogP contribution in [0.2, 0.25) is 0 Å². The summed E-state index contributed by atoms with van der Waals surface area (Å²) in [6, 6.07) is 0. The lowest BCUT2D eigenvalue weighted by atomic mass is 10.4. The van der Waals surface area contributed by atoms with Crippen LogP contribution in [-0.4, -0.2) is 36.6 Å². The van der Waals surface area contributed by atoms with Crippen LogP contribution in [0, 0.1) is 0 Å². The molecule has 0 aromatic heterocycles. The summed E-state index contributed by atoms with van der Waals surface area (Å²) in [6.07, 6.45) is 1.02. The SMILES string of the molecule is CN(C)C/C=C(\F)C(=O)O. The first-order chi connectivity index (χ1) is 4.54. The zero-order valence-corrected chi connectivity index (χ0v) is 5.97. The molecule has 4 heteroatoms.